The van der Waals surface area contributed by atoms with E-state index in [4.69, 9.17) is 10.00 Å². The van der Waals surface area contributed by atoms with Crippen molar-refractivity contribution in [1.29, 1.82) is 5.26 Å². The van der Waals surface area contributed by atoms with Crippen LogP contribution in [0, 0.1) is 25.2 Å². The van der Waals surface area contributed by atoms with Gasteiger partial charge in [0.25, 0.3) is 0 Å². The summed E-state index contributed by atoms with van der Waals surface area (Å²) in [6.07, 6.45) is 0.471. The van der Waals surface area contributed by atoms with Gasteiger partial charge in [-0.25, -0.2) is 0 Å². The van der Waals surface area contributed by atoms with Crippen molar-refractivity contribution in [1.82, 2.24) is 0 Å². The molecule has 0 amide bonds. The molecule has 0 aliphatic rings. The lowest BCUT2D eigenvalue weighted by Gasteiger charge is -2.12. The molecule has 2 aromatic rings. The van der Waals surface area contributed by atoms with E-state index >= 15 is 0 Å². The van der Waals surface area contributed by atoms with Crippen LogP contribution in [0.1, 0.15) is 40.4 Å². The number of rotatable bonds is 4. The fraction of sp³-hybridized carbons (Fsp3) is 0.222. The maximum absolute atomic E-state index is 11.7. The zero-order valence-electron chi connectivity index (χ0n) is 12.4. The largest absolute Gasteiger partial charge is 0.457 e. The van der Waals surface area contributed by atoms with Crippen LogP contribution < -0.4 is 4.74 Å². The summed E-state index contributed by atoms with van der Waals surface area (Å²) in [5, 5.41) is 8.96. The Morgan fingerprint density at radius 1 is 1.19 bits per heavy atom. The molecule has 3 nitrogen and oxygen atoms in total. The van der Waals surface area contributed by atoms with Gasteiger partial charge in [-0.15, -0.1) is 0 Å². The number of carbonyl (C=O) groups is 1. The molecule has 0 saturated heterocycles. The number of Topliss-reactive ketones (excluding diaryl/α,β-unsaturated/α-hetero) is 1. The van der Waals surface area contributed by atoms with E-state index in [9.17, 15) is 4.79 Å². The fourth-order valence-electron chi connectivity index (χ4n) is 2.23. The molecule has 0 N–H and O–H groups in total. The summed E-state index contributed by atoms with van der Waals surface area (Å²) >= 11 is 0. The number of nitriles is 1. The molecule has 3 heteroatoms. The Bertz CT molecular complexity index is 703. The minimum absolute atomic E-state index is 0.0914. The lowest BCUT2D eigenvalue weighted by molar-refractivity contribution is 0.0988. The maximum atomic E-state index is 11.7. The minimum Gasteiger partial charge on any atom is -0.457 e. The summed E-state index contributed by atoms with van der Waals surface area (Å²) in [7, 11) is 0. The first-order valence-electron chi connectivity index (χ1n) is 6.87. The first kappa shape index (κ1) is 14.8. The Labute approximate surface area is 124 Å². The smallest absolute Gasteiger partial charge is 0.162 e. The normalized spacial score (nSPS) is 10.0. The lowest BCUT2D eigenvalue weighted by atomic mass is 10.1. The highest BCUT2D eigenvalue weighted by Crippen LogP contribution is 2.30. The van der Waals surface area contributed by atoms with E-state index in [0.717, 1.165) is 16.9 Å². The average Bonchev–Trinajstić information content (AvgIpc) is 2.50. The number of benzene rings is 2. The number of hydrogen-bond acceptors (Lipinski definition) is 3. The highest BCUT2D eigenvalue weighted by molar-refractivity contribution is 5.96. The van der Waals surface area contributed by atoms with Gasteiger partial charge < -0.3 is 4.74 Å². The van der Waals surface area contributed by atoms with Gasteiger partial charge in [0.1, 0.15) is 11.5 Å². The molecular weight excluding hydrogens is 262 g/mol. The molecule has 21 heavy (non-hydrogen) atoms. The van der Waals surface area contributed by atoms with Gasteiger partial charge in [0, 0.05) is 12.0 Å². The molecule has 0 aliphatic heterocycles. The summed E-state index contributed by atoms with van der Waals surface area (Å²) in [6.45, 7) is 5.65. The van der Waals surface area contributed by atoms with Crippen LogP contribution in [0.4, 0.5) is 0 Å². The molecule has 0 radical (unpaired) electrons. The first-order chi connectivity index (χ1) is 10.0. The van der Waals surface area contributed by atoms with E-state index in [-0.39, 0.29) is 5.78 Å². The SMILES string of the molecule is CCC(=O)c1cccc(Oc2c(C)cc(C#N)cc2C)c1. The van der Waals surface area contributed by atoms with E-state index in [1.54, 1.807) is 24.3 Å². The topological polar surface area (TPSA) is 50.1 Å². The highest BCUT2D eigenvalue weighted by Gasteiger charge is 2.09. The van der Waals surface area contributed by atoms with Gasteiger partial charge >= 0.3 is 0 Å². The number of aryl methyl sites for hydroxylation is 2. The summed E-state index contributed by atoms with van der Waals surface area (Å²) in [4.78, 5) is 11.7. The number of hydrogen-bond donors (Lipinski definition) is 0. The predicted molar refractivity (Wildman–Crippen MR) is 81.8 cm³/mol. The van der Waals surface area contributed by atoms with E-state index in [2.05, 4.69) is 6.07 Å². The van der Waals surface area contributed by atoms with Gasteiger partial charge in [-0.05, 0) is 49.2 Å². The van der Waals surface area contributed by atoms with Crippen LogP contribution in [0.5, 0.6) is 11.5 Å². The van der Waals surface area contributed by atoms with Crippen LogP contribution in [0.2, 0.25) is 0 Å². The van der Waals surface area contributed by atoms with Crippen LogP contribution >= 0.6 is 0 Å². The lowest BCUT2D eigenvalue weighted by Crippen LogP contribution is -1.97. The van der Waals surface area contributed by atoms with Crippen molar-refractivity contribution in [3.05, 3.63) is 58.7 Å². The summed E-state index contributed by atoms with van der Waals surface area (Å²) in [6, 6.07) is 12.9. The molecule has 106 valence electrons. The number of ketones is 1. The van der Waals surface area contributed by atoms with Gasteiger partial charge in [0.15, 0.2) is 5.78 Å². The van der Waals surface area contributed by atoms with Crippen molar-refractivity contribution in [3.8, 4) is 17.6 Å². The standard InChI is InChI=1S/C18H17NO2/c1-4-17(20)15-6-5-7-16(10-15)21-18-12(2)8-14(11-19)9-13(18)3/h5-10H,4H2,1-3H3. The molecule has 0 aromatic heterocycles. The van der Waals surface area contributed by atoms with Crippen molar-refractivity contribution in [2.75, 3.05) is 0 Å². The molecule has 0 spiro atoms. The molecule has 0 fully saturated rings. The Morgan fingerprint density at radius 2 is 1.86 bits per heavy atom. The molecule has 0 heterocycles. The van der Waals surface area contributed by atoms with E-state index in [1.165, 1.54) is 0 Å². The number of ether oxygens (including phenoxy) is 1. The molecule has 0 bridgehead atoms. The summed E-state index contributed by atoms with van der Waals surface area (Å²) in [5.41, 5.74) is 3.07. The van der Waals surface area contributed by atoms with Crippen molar-refractivity contribution in [2.45, 2.75) is 27.2 Å². The first-order valence-corrected chi connectivity index (χ1v) is 6.87. The molecule has 0 saturated carbocycles. The number of carbonyl (C=O) groups excluding carboxylic acids is 1. The highest BCUT2D eigenvalue weighted by atomic mass is 16.5. The van der Waals surface area contributed by atoms with Crippen molar-refractivity contribution < 1.29 is 9.53 Å². The zero-order chi connectivity index (χ0) is 15.4. The third-order valence-electron chi connectivity index (χ3n) is 3.29. The second kappa shape index (κ2) is 6.23. The van der Waals surface area contributed by atoms with E-state index < -0.39 is 0 Å². The second-order valence-electron chi connectivity index (χ2n) is 4.96. The van der Waals surface area contributed by atoms with Gasteiger partial charge in [-0.2, -0.15) is 5.26 Å². The van der Waals surface area contributed by atoms with Crippen LogP contribution in [-0.2, 0) is 0 Å². The Balaban J connectivity index is 2.35. The molecule has 0 atom stereocenters. The summed E-state index contributed by atoms with van der Waals surface area (Å²) in [5.74, 6) is 1.45. The quantitative estimate of drug-likeness (QED) is 0.771. The Hall–Kier alpha value is -2.60. The maximum Gasteiger partial charge on any atom is 0.162 e. The molecule has 2 aromatic carbocycles. The third kappa shape index (κ3) is 3.29. The predicted octanol–water partition coefficient (Wildman–Crippen LogP) is 4.56. The zero-order valence-corrected chi connectivity index (χ0v) is 12.4. The molecular formula is C18H17NO2. The fourth-order valence-corrected chi connectivity index (χ4v) is 2.23. The Morgan fingerprint density at radius 3 is 2.43 bits per heavy atom. The van der Waals surface area contributed by atoms with Crippen LogP contribution in [0.15, 0.2) is 36.4 Å². The third-order valence-corrected chi connectivity index (χ3v) is 3.29. The van der Waals surface area contributed by atoms with Gasteiger partial charge in [0.05, 0.1) is 11.6 Å². The van der Waals surface area contributed by atoms with Crippen molar-refractivity contribution >= 4 is 5.78 Å². The van der Waals surface area contributed by atoms with Gasteiger partial charge in [0.2, 0.25) is 0 Å². The van der Waals surface area contributed by atoms with E-state index in [1.807, 2.05) is 32.9 Å². The van der Waals surface area contributed by atoms with Crippen molar-refractivity contribution in [2.24, 2.45) is 0 Å². The monoisotopic (exact) mass is 279 g/mol. The molecule has 2 rings (SSSR count). The molecule has 0 aliphatic carbocycles. The average molecular weight is 279 g/mol. The number of nitrogens with zero attached hydrogens (tertiary/aromatic N) is 1. The summed E-state index contributed by atoms with van der Waals surface area (Å²) < 4.78 is 5.91. The van der Waals surface area contributed by atoms with Crippen LogP contribution in [0.3, 0.4) is 0 Å². The van der Waals surface area contributed by atoms with Crippen LogP contribution in [-0.4, -0.2) is 5.78 Å². The molecule has 0 unspecified atom stereocenters. The van der Waals surface area contributed by atoms with Crippen molar-refractivity contribution in [3.63, 3.8) is 0 Å². The van der Waals surface area contributed by atoms with Crippen LogP contribution in [0.25, 0.3) is 0 Å². The Kier molecular flexibility index (Phi) is 4.39. The van der Waals surface area contributed by atoms with Gasteiger partial charge in [-0.3, -0.25) is 4.79 Å². The minimum atomic E-state index is 0.0914. The van der Waals surface area contributed by atoms with E-state index in [0.29, 0.717) is 23.3 Å². The second-order valence-corrected chi connectivity index (χ2v) is 4.96. The van der Waals surface area contributed by atoms with Gasteiger partial charge in [-0.1, -0.05) is 19.1 Å².